The summed E-state index contributed by atoms with van der Waals surface area (Å²) in [5, 5.41) is 7.33. The van der Waals surface area contributed by atoms with Gasteiger partial charge in [-0.05, 0) is 67.0 Å². The zero-order valence-corrected chi connectivity index (χ0v) is 16.4. The molecular formula is C19H17N3O4S2. The largest absolute Gasteiger partial charge is 0.322 e. The van der Waals surface area contributed by atoms with E-state index < -0.39 is 10.0 Å². The van der Waals surface area contributed by atoms with Gasteiger partial charge in [0.05, 0.1) is 9.77 Å². The number of hydrogen-bond donors (Lipinski definition) is 3. The maximum Gasteiger partial charge on any atom is 0.265 e. The van der Waals surface area contributed by atoms with Gasteiger partial charge in [0, 0.05) is 16.9 Å². The quantitative estimate of drug-likeness (QED) is 0.575. The first-order chi connectivity index (χ1) is 13.4. The van der Waals surface area contributed by atoms with Crippen molar-refractivity contribution in [3.05, 3.63) is 76.5 Å². The molecule has 0 saturated heterocycles. The van der Waals surface area contributed by atoms with E-state index in [1.807, 2.05) is 5.38 Å². The van der Waals surface area contributed by atoms with E-state index in [-0.39, 0.29) is 16.7 Å². The Morgan fingerprint density at radius 1 is 0.821 bits per heavy atom. The summed E-state index contributed by atoms with van der Waals surface area (Å²) in [7, 11) is -2.22. The Hall–Kier alpha value is -3.01. The third kappa shape index (κ3) is 4.63. The predicted molar refractivity (Wildman–Crippen MR) is 109 cm³/mol. The number of sulfonamides is 1. The smallest absolute Gasteiger partial charge is 0.265 e. The molecule has 1 heterocycles. The predicted octanol–water partition coefficient (Wildman–Crippen LogP) is 3.16. The van der Waals surface area contributed by atoms with Crippen molar-refractivity contribution in [2.75, 3.05) is 17.7 Å². The number of thiophene rings is 1. The van der Waals surface area contributed by atoms with Crippen molar-refractivity contribution < 1.29 is 18.0 Å². The van der Waals surface area contributed by atoms with Crippen LogP contribution in [0.5, 0.6) is 0 Å². The molecule has 0 radical (unpaired) electrons. The molecule has 0 spiro atoms. The summed E-state index contributed by atoms with van der Waals surface area (Å²) in [6.45, 7) is 0. The van der Waals surface area contributed by atoms with Crippen molar-refractivity contribution in [1.29, 1.82) is 0 Å². The van der Waals surface area contributed by atoms with Crippen LogP contribution < -0.4 is 15.4 Å². The lowest BCUT2D eigenvalue weighted by atomic mass is 10.2. The number of nitrogens with one attached hydrogen (secondary N) is 3. The van der Waals surface area contributed by atoms with Crippen LogP contribution in [0.15, 0.2) is 70.9 Å². The minimum absolute atomic E-state index is 0.0809. The SMILES string of the molecule is CNS(=O)(=O)c1ccc(C(=O)Nc2ccc(NC(=O)c3cccs3)cc2)cc1. The fourth-order valence-corrected chi connectivity index (χ4v) is 3.69. The van der Waals surface area contributed by atoms with Gasteiger partial charge in [-0.1, -0.05) is 6.07 Å². The summed E-state index contributed by atoms with van der Waals surface area (Å²) in [4.78, 5) is 25.0. The van der Waals surface area contributed by atoms with Gasteiger partial charge in [-0.25, -0.2) is 13.1 Å². The number of anilines is 2. The average Bonchev–Trinajstić information content (AvgIpc) is 3.24. The van der Waals surface area contributed by atoms with Crippen molar-refractivity contribution in [2.24, 2.45) is 0 Å². The van der Waals surface area contributed by atoms with Crippen LogP contribution in [-0.2, 0) is 10.0 Å². The summed E-state index contributed by atoms with van der Waals surface area (Å²) in [6, 6.07) is 15.9. The first-order valence-corrected chi connectivity index (χ1v) is 10.6. The summed E-state index contributed by atoms with van der Waals surface area (Å²) in [6.07, 6.45) is 0. The molecule has 0 fully saturated rings. The highest BCUT2D eigenvalue weighted by atomic mass is 32.2. The van der Waals surface area contributed by atoms with Crippen LogP contribution in [-0.4, -0.2) is 27.3 Å². The standard InChI is InChI=1S/C19H17N3O4S2/c1-20-28(25,26)16-10-4-13(5-11-16)18(23)21-14-6-8-15(9-7-14)22-19(24)17-3-2-12-27-17/h2-12,20H,1H3,(H,21,23)(H,22,24). The molecule has 3 N–H and O–H groups in total. The Morgan fingerprint density at radius 2 is 1.39 bits per heavy atom. The monoisotopic (exact) mass is 415 g/mol. The van der Waals surface area contributed by atoms with Crippen LogP contribution in [0.4, 0.5) is 11.4 Å². The maximum absolute atomic E-state index is 12.3. The summed E-state index contributed by atoms with van der Waals surface area (Å²) >= 11 is 1.35. The fraction of sp³-hybridized carbons (Fsp3) is 0.0526. The fourth-order valence-electron chi connectivity index (χ4n) is 2.34. The van der Waals surface area contributed by atoms with E-state index in [1.54, 1.807) is 36.4 Å². The van der Waals surface area contributed by atoms with Gasteiger partial charge in [-0.2, -0.15) is 0 Å². The van der Waals surface area contributed by atoms with Gasteiger partial charge in [-0.15, -0.1) is 11.3 Å². The molecule has 1 aromatic heterocycles. The van der Waals surface area contributed by atoms with Crippen LogP contribution in [0.25, 0.3) is 0 Å². The molecule has 3 aromatic rings. The molecule has 0 aliphatic heterocycles. The zero-order valence-electron chi connectivity index (χ0n) is 14.8. The van der Waals surface area contributed by atoms with Gasteiger partial charge in [-0.3, -0.25) is 9.59 Å². The molecule has 0 aliphatic rings. The van der Waals surface area contributed by atoms with E-state index in [4.69, 9.17) is 0 Å². The van der Waals surface area contributed by atoms with Gasteiger partial charge in [0.1, 0.15) is 0 Å². The minimum Gasteiger partial charge on any atom is -0.322 e. The maximum atomic E-state index is 12.3. The van der Waals surface area contributed by atoms with Crippen molar-refractivity contribution in [1.82, 2.24) is 4.72 Å². The number of amides is 2. The molecule has 0 bridgehead atoms. The molecule has 0 saturated carbocycles. The van der Waals surface area contributed by atoms with E-state index in [1.165, 1.54) is 42.6 Å². The third-order valence-electron chi connectivity index (χ3n) is 3.84. The molecule has 28 heavy (non-hydrogen) atoms. The lowest BCUT2D eigenvalue weighted by molar-refractivity contribution is 0.102. The molecular weight excluding hydrogens is 398 g/mol. The van der Waals surface area contributed by atoms with Crippen molar-refractivity contribution >= 4 is 44.5 Å². The van der Waals surface area contributed by atoms with Crippen LogP contribution in [0.3, 0.4) is 0 Å². The molecule has 2 aromatic carbocycles. The van der Waals surface area contributed by atoms with Gasteiger partial charge in [0.2, 0.25) is 10.0 Å². The van der Waals surface area contributed by atoms with E-state index in [9.17, 15) is 18.0 Å². The normalized spacial score (nSPS) is 11.0. The first kappa shape index (κ1) is 19.7. The van der Waals surface area contributed by atoms with Gasteiger partial charge >= 0.3 is 0 Å². The van der Waals surface area contributed by atoms with E-state index in [0.717, 1.165) is 0 Å². The van der Waals surface area contributed by atoms with Gasteiger partial charge in [0.25, 0.3) is 11.8 Å². The highest BCUT2D eigenvalue weighted by Crippen LogP contribution is 2.17. The number of hydrogen-bond acceptors (Lipinski definition) is 5. The molecule has 0 unspecified atom stereocenters. The Morgan fingerprint density at radius 3 is 1.89 bits per heavy atom. The van der Waals surface area contributed by atoms with Crippen molar-refractivity contribution in [2.45, 2.75) is 4.90 Å². The summed E-state index contributed by atoms with van der Waals surface area (Å²) in [5.41, 5.74) is 1.48. The molecule has 144 valence electrons. The minimum atomic E-state index is -3.55. The second-order valence-electron chi connectivity index (χ2n) is 5.69. The highest BCUT2D eigenvalue weighted by molar-refractivity contribution is 7.89. The molecule has 2 amide bonds. The molecule has 7 nitrogen and oxygen atoms in total. The highest BCUT2D eigenvalue weighted by Gasteiger charge is 2.13. The van der Waals surface area contributed by atoms with Gasteiger partial charge < -0.3 is 10.6 Å². The van der Waals surface area contributed by atoms with E-state index >= 15 is 0 Å². The average molecular weight is 415 g/mol. The van der Waals surface area contributed by atoms with Gasteiger partial charge in [0.15, 0.2) is 0 Å². The lowest BCUT2D eigenvalue weighted by Gasteiger charge is -2.08. The van der Waals surface area contributed by atoms with E-state index in [2.05, 4.69) is 15.4 Å². The molecule has 9 heteroatoms. The van der Waals surface area contributed by atoms with Crippen LogP contribution in [0.2, 0.25) is 0 Å². The number of carbonyl (C=O) groups is 2. The van der Waals surface area contributed by atoms with Crippen LogP contribution >= 0.6 is 11.3 Å². The lowest BCUT2D eigenvalue weighted by Crippen LogP contribution is -2.19. The topological polar surface area (TPSA) is 104 Å². The number of carbonyl (C=O) groups excluding carboxylic acids is 2. The Balaban J connectivity index is 1.63. The second kappa shape index (κ2) is 8.34. The molecule has 3 rings (SSSR count). The third-order valence-corrected chi connectivity index (χ3v) is 6.14. The summed E-state index contributed by atoms with van der Waals surface area (Å²) < 4.78 is 25.6. The second-order valence-corrected chi connectivity index (χ2v) is 8.53. The Bertz CT molecular complexity index is 1080. The van der Waals surface area contributed by atoms with E-state index in [0.29, 0.717) is 21.8 Å². The molecule has 0 atom stereocenters. The first-order valence-electron chi connectivity index (χ1n) is 8.19. The van der Waals surface area contributed by atoms with Crippen molar-refractivity contribution in [3.63, 3.8) is 0 Å². The Kier molecular flexibility index (Phi) is 5.88. The zero-order chi connectivity index (χ0) is 20.1. The van der Waals surface area contributed by atoms with Crippen LogP contribution in [0, 0.1) is 0 Å². The number of benzene rings is 2. The summed E-state index contributed by atoms with van der Waals surface area (Å²) in [5.74, 6) is -0.563. The van der Waals surface area contributed by atoms with Crippen molar-refractivity contribution in [3.8, 4) is 0 Å². The number of rotatable bonds is 6. The Labute approximate surface area is 166 Å². The van der Waals surface area contributed by atoms with Crippen LogP contribution in [0.1, 0.15) is 20.0 Å². The molecule has 0 aliphatic carbocycles.